The normalized spacial score (nSPS) is 25.7. The summed E-state index contributed by atoms with van der Waals surface area (Å²) in [5.41, 5.74) is 0.461. The number of hydrogen-bond acceptors (Lipinski definition) is 6. The van der Waals surface area contributed by atoms with E-state index < -0.39 is 5.82 Å². The maximum atomic E-state index is 14.4. The minimum absolute atomic E-state index is 0.101. The molecule has 1 atom stereocenters. The van der Waals surface area contributed by atoms with Gasteiger partial charge in [-0.1, -0.05) is 0 Å². The zero-order chi connectivity index (χ0) is 18.5. The van der Waals surface area contributed by atoms with E-state index >= 15 is 0 Å². The van der Waals surface area contributed by atoms with Crippen LogP contribution >= 0.6 is 0 Å². The summed E-state index contributed by atoms with van der Waals surface area (Å²) in [7, 11) is 1.45. The van der Waals surface area contributed by atoms with Gasteiger partial charge in [0, 0.05) is 12.1 Å². The Morgan fingerprint density at radius 1 is 1.35 bits per heavy atom. The fourth-order valence-electron chi connectivity index (χ4n) is 3.41. The van der Waals surface area contributed by atoms with Gasteiger partial charge in [-0.05, 0) is 51.1 Å². The van der Waals surface area contributed by atoms with Crippen LogP contribution in [0.3, 0.4) is 0 Å². The van der Waals surface area contributed by atoms with E-state index in [0.29, 0.717) is 31.2 Å². The summed E-state index contributed by atoms with van der Waals surface area (Å²) in [5, 5.41) is 15.5. The van der Waals surface area contributed by atoms with Crippen LogP contribution in [0.2, 0.25) is 0 Å². The number of aliphatic hydroxyl groups is 1. The van der Waals surface area contributed by atoms with E-state index in [1.807, 2.05) is 0 Å². The molecule has 0 bridgehead atoms. The molecule has 3 rings (SSSR count). The maximum Gasteiger partial charge on any atom is 0.254 e. The molecular weight excluding hydrogens is 341 g/mol. The van der Waals surface area contributed by atoms with Crippen molar-refractivity contribution in [3.63, 3.8) is 0 Å². The molecule has 26 heavy (non-hydrogen) atoms. The quantitative estimate of drug-likeness (QED) is 0.701. The minimum Gasteiger partial charge on any atom is -0.481 e. The molecule has 1 aromatic rings. The van der Waals surface area contributed by atoms with Crippen LogP contribution in [0.1, 0.15) is 44.1 Å². The highest BCUT2D eigenvalue weighted by atomic mass is 19.1. The van der Waals surface area contributed by atoms with Gasteiger partial charge in [-0.25, -0.2) is 4.39 Å². The van der Waals surface area contributed by atoms with Gasteiger partial charge in [0.1, 0.15) is 6.10 Å². The Kier molecular flexibility index (Phi) is 6.26. The number of nitrogens with one attached hydrogen (secondary N) is 2. The lowest BCUT2D eigenvalue weighted by Gasteiger charge is -2.26. The number of aromatic nitrogens is 1. The highest BCUT2D eigenvalue weighted by molar-refractivity contribution is 5.82. The number of halogens is 1. The number of methoxy groups -OCH3 is 1. The Bertz CT molecular complexity index is 629. The number of nitrogens with zero attached hydrogens (tertiary/aromatic N) is 1. The van der Waals surface area contributed by atoms with Gasteiger partial charge in [0.15, 0.2) is 5.82 Å². The topological polar surface area (TPSA) is 92.7 Å². The zero-order valence-corrected chi connectivity index (χ0v) is 15.0. The molecule has 144 valence electrons. The lowest BCUT2D eigenvalue weighted by molar-refractivity contribution is -0.122. The molecule has 0 spiro atoms. The Labute approximate surface area is 152 Å². The molecule has 2 aliphatic rings. The first-order valence-corrected chi connectivity index (χ1v) is 9.16. The van der Waals surface area contributed by atoms with Crippen LogP contribution in [0.4, 0.5) is 4.39 Å². The number of pyridine rings is 1. The van der Waals surface area contributed by atoms with Crippen LogP contribution in [0.5, 0.6) is 11.8 Å². The molecule has 7 nitrogen and oxygen atoms in total. The number of carbonyl (C=O) groups excluding carboxylic acids is 1. The van der Waals surface area contributed by atoms with Gasteiger partial charge in [-0.2, -0.15) is 4.98 Å². The van der Waals surface area contributed by atoms with E-state index in [9.17, 15) is 14.3 Å². The van der Waals surface area contributed by atoms with Gasteiger partial charge in [0.25, 0.3) is 5.88 Å². The summed E-state index contributed by atoms with van der Waals surface area (Å²) in [6.45, 7) is 0.974. The van der Waals surface area contributed by atoms with Crippen molar-refractivity contribution in [1.29, 1.82) is 0 Å². The lowest BCUT2D eigenvalue weighted by Crippen LogP contribution is -2.40. The van der Waals surface area contributed by atoms with E-state index in [1.54, 1.807) is 0 Å². The van der Waals surface area contributed by atoms with Crippen LogP contribution in [0, 0.1) is 5.82 Å². The third kappa shape index (κ3) is 4.62. The standard InChI is InChI=1S/C18H26FN3O4/c1-25-17-11(10-21-16(24)15-3-2-8-20-15)9-14(19)18(22-17)26-13-6-4-12(23)5-7-13/h9,12-13,15,20,23H,2-8,10H2,1H3,(H,21,24). The molecule has 1 unspecified atom stereocenters. The molecule has 1 aliphatic heterocycles. The molecule has 0 radical (unpaired) electrons. The van der Waals surface area contributed by atoms with Gasteiger partial charge >= 0.3 is 0 Å². The molecule has 8 heteroatoms. The summed E-state index contributed by atoms with van der Waals surface area (Å²) in [6.07, 6.45) is 3.92. The molecule has 1 saturated carbocycles. The second-order valence-electron chi connectivity index (χ2n) is 6.86. The van der Waals surface area contributed by atoms with Gasteiger partial charge in [-0.3, -0.25) is 4.79 Å². The Morgan fingerprint density at radius 3 is 2.77 bits per heavy atom. The summed E-state index contributed by atoms with van der Waals surface area (Å²) < 4.78 is 25.3. The Morgan fingerprint density at radius 2 is 2.12 bits per heavy atom. The van der Waals surface area contributed by atoms with Crippen molar-refractivity contribution in [1.82, 2.24) is 15.6 Å². The molecule has 1 saturated heterocycles. The number of amides is 1. The zero-order valence-electron chi connectivity index (χ0n) is 15.0. The number of rotatable bonds is 6. The van der Waals surface area contributed by atoms with Crippen molar-refractivity contribution in [2.45, 2.75) is 63.3 Å². The highest BCUT2D eigenvalue weighted by Gasteiger charge is 2.25. The maximum absolute atomic E-state index is 14.4. The molecule has 1 aliphatic carbocycles. The summed E-state index contributed by atoms with van der Waals surface area (Å²) in [5.74, 6) is -0.557. The van der Waals surface area contributed by atoms with Gasteiger partial charge < -0.3 is 25.2 Å². The average molecular weight is 367 g/mol. The minimum atomic E-state index is -0.583. The lowest BCUT2D eigenvalue weighted by atomic mass is 9.95. The third-order valence-electron chi connectivity index (χ3n) is 4.93. The van der Waals surface area contributed by atoms with E-state index in [-0.39, 0.29) is 42.5 Å². The van der Waals surface area contributed by atoms with Crippen molar-refractivity contribution in [2.75, 3.05) is 13.7 Å². The second-order valence-corrected chi connectivity index (χ2v) is 6.86. The predicted octanol–water partition coefficient (Wildman–Crippen LogP) is 1.28. The molecule has 0 aromatic carbocycles. The fourth-order valence-corrected chi connectivity index (χ4v) is 3.41. The molecule has 3 N–H and O–H groups in total. The first-order valence-electron chi connectivity index (χ1n) is 9.16. The number of carbonyl (C=O) groups is 1. The Balaban J connectivity index is 1.63. The van der Waals surface area contributed by atoms with Crippen LogP contribution in [0.15, 0.2) is 6.07 Å². The average Bonchev–Trinajstić information content (AvgIpc) is 3.18. The SMILES string of the molecule is COc1nc(OC2CCC(O)CC2)c(F)cc1CNC(=O)C1CCCN1. The van der Waals surface area contributed by atoms with Crippen LogP contribution in [-0.4, -0.2) is 47.9 Å². The van der Waals surface area contributed by atoms with E-state index in [4.69, 9.17) is 9.47 Å². The van der Waals surface area contributed by atoms with E-state index in [0.717, 1.165) is 19.4 Å². The van der Waals surface area contributed by atoms with E-state index in [2.05, 4.69) is 15.6 Å². The third-order valence-corrected chi connectivity index (χ3v) is 4.93. The van der Waals surface area contributed by atoms with Gasteiger partial charge in [0.05, 0.1) is 19.3 Å². The fraction of sp³-hybridized carbons (Fsp3) is 0.667. The van der Waals surface area contributed by atoms with Gasteiger partial charge in [0.2, 0.25) is 11.8 Å². The van der Waals surface area contributed by atoms with Gasteiger partial charge in [-0.15, -0.1) is 0 Å². The van der Waals surface area contributed by atoms with Crippen LogP contribution < -0.4 is 20.1 Å². The van der Waals surface area contributed by atoms with Crippen molar-refractivity contribution in [3.8, 4) is 11.8 Å². The molecule has 1 aromatic heterocycles. The van der Waals surface area contributed by atoms with Crippen molar-refractivity contribution in [2.24, 2.45) is 0 Å². The summed E-state index contributed by atoms with van der Waals surface area (Å²) in [6, 6.07) is 1.10. The summed E-state index contributed by atoms with van der Waals surface area (Å²) in [4.78, 5) is 16.2. The summed E-state index contributed by atoms with van der Waals surface area (Å²) >= 11 is 0. The number of ether oxygens (including phenoxy) is 2. The highest BCUT2D eigenvalue weighted by Crippen LogP contribution is 2.28. The molecular formula is C18H26FN3O4. The molecule has 2 fully saturated rings. The van der Waals surface area contributed by atoms with Crippen molar-refractivity contribution in [3.05, 3.63) is 17.4 Å². The predicted molar refractivity (Wildman–Crippen MR) is 92.5 cm³/mol. The number of hydrogen-bond donors (Lipinski definition) is 3. The van der Waals surface area contributed by atoms with Crippen LogP contribution in [-0.2, 0) is 11.3 Å². The first kappa shape index (κ1) is 18.8. The molecule has 2 heterocycles. The number of aliphatic hydroxyl groups excluding tert-OH is 1. The molecule has 1 amide bonds. The van der Waals surface area contributed by atoms with Crippen molar-refractivity contribution >= 4 is 5.91 Å². The Hall–Kier alpha value is -1.93. The smallest absolute Gasteiger partial charge is 0.254 e. The van der Waals surface area contributed by atoms with E-state index in [1.165, 1.54) is 13.2 Å². The van der Waals surface area contributed by atoms with Crippen LogP contribution in [0.25, 0.3) is 0 Å². The van der Waals surface area contributed by atoms with Crippen molar-refractivity contribution < 1.29 is 23.8 Å². The second kappa shape index (κ2) is 8.64. The first-order chi connectivity index (χ1) is 12.6. The largest absolute Gasteiger partial charge is 0.481 e. The monoisotopic (exact) mass is 367 g/mol.